The van der Waals surface area contributed by atoms with E-state index < -0.39 is 20.6 Å². The molecule has 1 unspecified atom stereocenters. The van der Waals surface area contributed by atoms with Gasteiger partial charge in [-0.3, -0.25) is 4.79 Å². The van der Waals surface area contributed by atoms with E-state index in [0.29, 0.717) is 38.3 Å². The van der Waals surface area contributed by atoms with Gasteiger partial charge in [-0.2, -0.15) is 5.26 Å². The first-order chi connectivity index (χ1) is 13.4. The number of hydrogen-bond donors (Lipinski definition) is 2. The molecule has 152 valence electrons. The van der Waals surface area contributed by atoms with Crippen LogP contribution in [0.1, 0.15) is 19.3 Å². The average Bonchev–Trinajstić information content (AvgIpc) is 3.17. The number of benzene rings is 1. The molecule has 3 fully saturated rings. The molecule has 1 atom stereocenters. The first kappa shape index (κ1) is 20.9. The lowest BCUT2D eigenvalue weighted by Gasteiger charge is -2.26. The van der Waals surface area contributed by atoms with E-state index in [1.54, 1.807) is 12.1 Å². The zero-order valence-electron chi connectivity index (χ0n) is 15.2. The molecular formula is C18H22ClN3O5S. The van der Waals surface area contributed by atoms with Crippen molar-refractivity contribution in [3.8, 4) is 11.8 Å². The molecule has 0 aromatic heterocycles. The summed E-state index contributed by atoms with van der Waals surface area (Å²) in [6, 6.07) is 6.76. The quantitative estimate of drug-likeness (QED) is 0.651. The second-order valence-electron chi connectivity index (χ2n) is 6.99. The molecule has 1 saturated carbocycles. The lowest BCUT2D eigenvalue weighted by Crippen LogP contribution is -2.38. The van der Waals surface area contributed by atoms with Gasteiger partial charge in [0.15, 0.2) is 9.84 Å². The van der Waals surface area contributed by atoms with Gasteiger partial charge in [-0.1, -0.05) is 11.6 Å². The smallest absolute Gasteiger partial charge is 0.208 e. The van der Waals surface area contributed by atoms with Gasteiger partial charge in [0.2, 0.25) is 6.41 Å². The second kappa shape index (κ2) is 8.66. The summed E-state index contributed by atoms with van der Waals surface area (Å²) in [7, 11) is -3.38. The summed E-state index contributed by atoms with van der Waals surface area (Å²) < 4.78 is 35.6. The highest BCUT2D eigenvalue weighted by atomic mass is 35.5. The van der Waals surface area contributed by atoms with Gasteiger partial charge < -0.3 is 20.1 Å². The third-order valence-corrected chi connectivity index (χ3v) is 7.55. The molecule has 10 heteroatoms. The van der Waals surface area contributed by atoms with E-state index in [-0.39, 0.29) is 16.0 Å². The van der Waals surface area contributed by atoms with Gasteiger partial charge in [0.05, 0.1) is 34.5 Å². The van der Waals surface area contributed by atoms with Gasteiger partial charge in [-0.15, -0.1) is 0 Å². The molecule has 0 radical (unpaired) electrons. The predicted molar refractivity (Wildman–Crippen MR) is 102 cm³/mol. The number of hydrogen-bond acceptors (Lipinski definition) is 7. The van der Waals surface area contributed by atoms with E-state index in [2.05, 4.69) is 10.6 Å². The van der Waals surface area contributed by atoms with Gasteiger partial charge in [0.25, 0.3) is 0 Å². The lowest BCUT2D eigenvalue weighted by atomic mass is 10.3. The topological polar surface area (TPSA) is 118 Å². The number of sulfone groups is 1. The monoisotopic (exact) mass is 427 g/mol. The van der Waals surface area contributed by atoms with Crippen LogP contribution in [0.4, 0.5) is 0 Å². The average molecular weight is 428 g/mol. The summed E-state index contributed by atoms with van der Waals surface area (Å²) in [5.74, 6) is 0.576. The van der Waals surface area contributed by atoms with Crippen LogP contribution >= 0.6 is 11.6 Å². The first-order valence-corrected chi connectivity index (χ1v) is 10.9. The van der Waals surface area contributed by atoms with Crippen LogP contribution in [0.5, 0.6) is 5.75 Å². The molecule has 1 amide bonds. The Balaban J connectivity index is 0.000000236. The van der Waals surface area contributed by atoms with Crippen LogP contribution in [-0.4, -0.2) is 58.0 Å². The zero-order chi connectivity index (χ0) is 20.2. The van der Waals surface area contributed by atoms with Crippen molar-refractivity contribution < 1.29 is 22.7 Å². The lowest BCUT2D eigenvalue weighted by molar-refractivity contribution is -0.110. The van der Waals surface area contributed by atoms with Gasteiger partial charge in [-0.25, -0.2) is 8.42 Å². The Labute approximate surface area is 169 Å². The molecule has 2 heterocycles. The molecule has 0 bridgehead atoms. The number of amides is 1. The van der Waals surface area contributed by atoms with Crippen LogP contribution in [0.15, 0.2) is 23.1 Å². The minimum Gasteiger partial charge on any atom is -0.486 e. The van der Waals surface area contributed by atoms with Crippen LogP contribution in [0.3, 0.4) is 0 Å². The minimum absolute atomic E-state index is 0.0348. The third kappa shape index (κ3) is 4.75. The molecular weight excluding hydrogens is 406 g/mol. The Bertz CT molecular complexity index is 856. The van der Waals surface area contributed by atoms with E-state index >= 15 is 0 Å². The molecule has 0 spiro atoms. The fourth-order valence-corrected chi connectivity index (χ4v) is 5.07. The molecule has 3 aliphatic rings. The number of carbonyl (C=O) groups is 1. The van der Waals surface area contributed by atoms with Gasteiger partial charge in [-0.05, 0) is 37.9 Å². The van der Waals surface area contributed by atoms with Crippen molar-refractivity contribution >= 4 is 27.8 Å². The van der Waals surface area contributed by atoms with E-state index in [4.69, 9.17) is 26.3 Å². The zero-order valence-corrected chi connectivity index (χ0v) is 16.8. The number of carbonyl (C=O) groups excluding carboxylic acids is 1. The summed E-state index contributed by atoms with van der Waals surface area (Å²) >= 11 is 6.13. The van der Waals surface area contributed by atoms with Gasteiger partial charge >= 0.3 is 0 Å². The van der Waals surface area contributed by atoms with E-state index in [9.17, 15) is 13.2 Å². The summed E-state index contributed by atoms with van der Waals surface area (Å²) in [5.41, 5.74) is -0.470. The first-order valence-electron chi connectivity index (χ1n) is 9.01. The van der Waals surface area contributed by atoms with Gasteiger partial charge in [0, 0.05) is 12.6 Å². The van der Waals surface area contributed by atoms with E-state index in [1.807, 2.05) is 6.07 Å². The standard InChI is InChI=1S/C13H16ClNO4S.C5H6N2O/c14-12-5-9(19-10-7-18-8-10)1-2-13(12)20(16,17)11-3-4-15-6-11;6-3-5(1-2-5)7-4-8/h1-2,5,10-11,15H,3-4,6-8H2;4H,1-2H2,(H,7,8). The highest BCUT2D eigenvalue weighted by molar-refractivity contribution is 7.92. The third-order valence-electron chi connectivity index (χ3n) is 4.87. The van der Waals surface area contributed by atoms with Crippen molar-refractivity contribution in [1.82, 2.24) is 10.6 Å². The number of ether oxygens (including phenoxy) is 2. The van der Waals surface area contributed by atoms with Crippen molar-refractivity contribution in [2.45, 2.75) is 41.1 Å². The molecule has 8 nitrogen and oxygen atoms in total. The highest BCUT2D eigenvalue weighted by Gasteiger charge is 2.42. The summed E-state index contributed by atoms with van der Waals surface area (Å²) in [5, 5.41) is 13.6. The van der Waals surface area contributed by atoms with Crippen LogP contribution in [-0.2, 0) is 19.4 Å². The molecule has 1 aromatic carbocycles. The molecule has 4 rings (SSSR count). The molecule has 1 aromatic rings. The molecule has 2 saturated heterocycles. The summed E-state index contributed by atoms with van der Waals surface area (Å²) in [4.78, 5) is 9.94. The number of halogens is 1. The Morgan fingerprint density at radius 1 is 1.39 bits per heavy atom. The number of nitrogens with zero attached hydrogens (tertiary/aromatic N) is 1. The largest absolute Gasteiger partial charge is 0.486 e. The Kier molecular flexibility index (Phi) is 6.45. The van der Waals surface area contributed by atoms with Crippen LogP contribution in [0, 0.1) is 11.3 Å². The maximum atomic E-state index is 12.5. The Morgan fingerprint density at radius 3 is 2.57 bits per heavy atom. The van der Waals surface area contributed by atoms with E-state index in [1.165, 1.54) is 6.07 Å². The van der Waals surface area contributed by atoms with Crippen molar-refractivity contribution in [3.05, 3.63) is 23.2 Å². The predicted octanol–water partition coefficient (Wildman–Crippen LogP) is 1.04. The molecule has 2 N–H and O–H groups in total. The Hall–Kier alpha value is -1.86. The fraction of sp³-hybridized carbons (Fsp3) is 0.556. The maximum absolute atomic E-state index is 12.5. The summed E-state index contributed by atoms with van der Waals surface area (Å²) in [6.07, 6.45) is 2.85. The Morgan fingerprint density at radius 2 is 2.14 bits per heavy atom. The second-order valence-corrected chi connectivity index (χ2v) is 9.59. The van der Waals surface area contributed by atoms with Gasteiger partial charge in [0.1, 0.15) is 17.4 Å². The van der Waals surface area contributed by atoms with Crippen LogP contribution in [0.25, 0.3) is 0 Å². The number of nitriles is 1. The van der Waals surface area contributed by atoms with Crippen LogP contribution in [0.2, 0.25) is 5.02 Å². The normalized spacial score (nSPS) is 22.8. The maximum Gasteiger partial charge on any atom is 0.208 e. The minimum atomic E-state index is -3.38. The SMILES string of the molecule is N#CC1(NC=O)CC1.O=S(=O)(c1ccc(OC2COC2)cc1Cl)C1CCNC1. The van der Waals surface area contributed by atoms with Crippen molar-refractivity contribution in [2.24, 2.45) is 0 Å². The van der Waals surface area contributed by atoms with Crippen molar-refractivity contribution in [3.63, 3.8) is 0 Å². The van der Waals surface area contributed by atoms with E-state index in [0.717, 1.165) is 19.4 Å². The van der Waals surface area contributed by atoms with Crippen LogP contribution < -0.4 is 15.4 Å². The number of rotatable bonds is 6. The summed E-state index contributed by atoms with van der Waals surface area (Å²) in [6.45, 7) is 2.33. The molecule has 2 aliphatic heterocycles. The van der Waals surface area contributed by atoms with Crippen molar-refractivity contribution in [2.75, 3.05) is 26.3 Å². The number of nitrogens with one attached hydrogen (secondary N) is 2. The highest BCUT2D eigenvalue weighted by Crippen LogP contribution is 2.33. The molecule has 1 aliphatic carbocycles. The molecule has 28 heavy (non-hydrogen) atoms. The van der Waals surface area contributed by atoms with Crippen molar-refractivity contribution in [1.29, 1.82) is 5.26 Å². The fourth-order valence-electron chi connectivity index (χ4n) is 2.86.